The molecule has 2 aromatic carbocycles. The molecule has 0 spiro atoms. The lowest BCUT2D eigenvalue weighted by molar-refractivity contribution is -0.155. The number of halogens is 3. The number of hydrogen-bond donors (Lipinski definition) is 0. The van der Waals surface area contributed by atoms with Crippen LogP contribution in [0, 0.1) is 5.92 Å². The number of carbonyl (C=O) groups is 2. The first-order valence-corrected chi connectivity index (χ1v) is 11.2. The lowest BCUT2D eigenvalue weighted by Crippen LogP contribution is -2.46. The molecule has 0 bridgehead atoms. The van der Waals surface area contributed by atoms with Crippen LogP contribution in [-0.4, -0.2) is 41.8 Å². The highest BCUT2D eigenvalue weighted by atomic mass is 32.2. The fraction of sp³-hybridized carbons (Fsp3) is 0.391. The molecule has 0 radical (unpaired) electrons. The zero-order valence-electron chi connectivity index (χ0n) is 17.7. The van der Waals surface area contributed by atoms with Crippen LogP contribution in [0.15, 0.2) is 54.6 Å². The van der Waals surface area contributed by atoms with Gasteiger partial charge in [-0.2, -0.15) is 13.2 Å². The van der Waals surface area contributed by atoms with Crippen molar-refractivity contribution in [1.29, 1.82) is 0 Å². The summed E-state index contributed by atoms with van der Waals surface area (Å²) in [5.41, 5.74) is -0.280. The third kappa shape index (κ3) is 5.97. The number of alkyl halides is 3. The first kappa shape index (κ1) is 24.0. The predicted molar refractivity (Wildman–Crippen MR) is 115 cm³/mol. The smallest absolute Gasteiger partial charge is 0.416 e. The molecule has 32 heavy (non-hydrogen) atoms. The predicted octanol–water partition coefficient (Wildman–Crippen LogP) is 4.93. The van der Waals surface area contributed by atoms with E-state index in [2.05, 4.69) is 0 Å². The molecule has 0 N–H and O–H groups in total. The van der Waals surface area contributed by atoms with Crippen molar-refractivity contribution < 1.29 is 32.2 Å². The van der Waals surface area contributed by atoms with Crippen molar-refractivity contribution >= 4 is 23.6 Å². The maximum absolute atomic E-state index is 13.1. The van der Waals surface area contributed by atoms with E-state index in [9.17, 15) is 22.8 Å². The van der Waals surface area contributed by atoms with Gasteiger partial charge in [0.1, 0.15) is 17.2 Å². The van der Waals surface area contributed by atoms with Gasteiger partial charge in [0.15, 0.2) is 6.61 Å². The summed E-state index contributed by atoms with van der Waals surface area (Å²) < 4.78 is 49.7. The van der Waals surface area contributed by atoms with Crippen molar-refractivity contribution in [2.24, 2.45) is 5.92 Å². The molecule has 5 nitrogen and oxygen atoms in total. The van der Waals surface area contributed by atoms with Gasteiger partial charge in [0, 0.05) is 5.75 Å². The highest BCUT2D eigenvalue weighted by Crippen LogP contribution is 2.42. The van der Waals surface area contributed by atoms with E-state index in [4.69, 9.17) is 9.47 Å². The van der Waals surface area contributed by atoms with Gasteiger partial charge in [0.05, 0.1) is 12.2 Å². The number of rotatable bonds is 7. The molecule has 0 aliphatic carbocycles. The second-order valence-electron chi connectivity index (χ2n) is 7.75. The van der Waals surface area contributed by atoms with Crippen LogP contribution in [0.1, 0.15) is 30.3 Å². The van der Waals surface area contributed by atoms with Crippen LogP contribution >= 0.6 is 11.8 Å². The minimum Gasteiger partial charge on any atom is -0.484 e. The van der Waals surface area contributed by atoms with E-state index in [1.54, 1.807) is 24.3 Å². The number of hydrogen-bond acceptors (Lipinski definition) is 5. The van der Waals surface area contributed by atoms with E-state index in [1.807, 2.05) is 19.9 Å². The summed E-state index contributed by atoms with van der Waals surface area (Å²) in [5.74, 6) is -0.0782. The zero-order chi connectivity index (χ0) is 23.3. The van der Waals surface area contributed by atoms with E-state index in [0.717, 1.165) is 12.1 Å². The minimum atomic E-state index is -4.45. The van der Waals surface area contributed by atoms with Gasteiger partial charge in [0.2, 0.25) is 0 Å². The van der Waals surface area contributed by atoms with Crippen LogP contribution < -0.4 is 4.74 Å². The number of amides is 1. The Morgan fingerprint density at radius 3 is 2.34 bits per heavy atom. The van der Waals surface area contributed by atoms with Gasteiger partial charge in [-0.05, 0) is 35.7 Å². The van der Waals surface area contributed by atoms with Gasteiger partial charge in [-0.3, -0.25) is 4.79 Å². The highest BCUT2D eigenvalue weighted by Gasteiger charge is 2.43. The molecule has 172 valence electrons. The SMILES string of the molecule is CC(C)COC(=O)C1CSC(c2ccc(C(F)(F)F)cc2)N1C(=O)COc1ccccc1. The van der Waals surface area contributed by atoms with E-state index in [1.165, 1.54) is 28.8 Å². The molecule has 1 heterocycles. The Bertz CT molecular complexity index is 919. The molecular weight excluding hydrogens is 443 g/mol. The Kier molecular flexibility index (Phi) is 7.71. The van der Waals surface area contributed by atoms with Crippen molar-refractivity contribution in [3.05, 3.63) is 65.7 Å². The van der Waals surface area contributed by atoms with Crippen molar-refractivity contribution in [3.8, 4) is 5.75 Å². The first-order chi connectivity index (χ1) is 15.2. The average Bonchev–Trinajstić information content (AvgIpc) is 3.21. The monoisotopic (exact) mass is 467 g/mol. The Balaban J connectivity index is 1.81. The fourth-order valence-corrected chi connectivity index (χ4v) is 4.60. The van der Waals surface area contributed by atoms with E-state index >= 15 is 0 Å². The first-order valence-electron chi connectivity index (χ1n) is 10.1. The summed E-state index contributed by atoms with van der Waals surface area (Å²) in [6.45, 7) is 3.71. The van der Waals surface area contributed by atoms with Gasteiger partial charge in [0.25, 0.3) is 5.91 Å². The highest BCUT2D eigenvalue weighted by molar-refractivity contribution is 7.99. The third-order valence-electron chi connectivity index (χ3n) is 4.75. The van der Waals surface area contributed by atoms with Crippen molar-refractivity contribution in [2.75, 3.05) is 19.0 Å². The molecule has 2 aromatic rings. The molecule has 3 rings (SSSR count). The van der Waals surface area contributed by atoms with E-state index in [0.29, 0.717) is 11.3 Å². The van der Waals surface area contributed by atoms with Crippen LogP contribution in [0.2, 0.25) is 0 Å². The van der Waals surface area contributed by atoms with Crippen LogP contribution in [0.3, 0.4) is 0 Å². The fourth-order valence-electron chi connectivity index (χ4n) is 3.17. The average molecular weight is 468 g/mol. The van der Waals surface area contributed by atoms with Gasteiger partial charge in [-0.25, -0.2) is 4.79 Å². The number of benzene rings is 2. The number of carbonyl (C=O) groups excluding carboxylic acids is 2. The summed E-state index contributed by atoms with van der Waals surface area (Å²) in [4.78, 5) is 27.1. The number of ether oxygens (including phenoxy) is 2. The third-order valence-corrected chi connectivity index (χ3v) is 6.07. The number of thioether (sulfide) groups is 1. The maximum atomic E-state index is 13.1. The quantitative estimate of drug-likeness (QED) is 0.541. The van der Waals surface area contributed by atoms with Gasteiger partial charge >= 0.3 is 12.1 Å². The second kappa shape index (κ2) is 10.3. The van der Waals surface area contributed by atoms with Crippen molar-refractivity contribution in [2.45, 2.75) is 31.4 Å². The van der Waals surface area contributed by atoms with E-state index < -0.39 is 35.0 Å². The van der Waals surface area contributed by atoms with E-state index in [-0.39, 0.29) is 24.9 Å². The zero-order valence-corrected chi connectivity index (χ0v) is 18.5. The molecule has 1 aliphatic heterocycles. The number of nitrogens with zero attached hydrogens (tertiary/aromatic N) is 1. The Hall–Kier alpha value is -2.68. The minimum absolute atomic E-state index is 0.129. The van der Waals surface area contributed by atoms with Crippen LogP contribution in [0.4, 0.5) is 13.2 Å². The van der Waals surface area contributed by atoms with Gasteiger partial charge in [-0.15, -0.1) is 11.8 Å². The van der Waals surface area contributed by atoms with Gasteiger partial charge in [-0.1, -0.05) is 44.2 Å². The molecule has 1 saturated heterocycles. The van der Waals surface area contributed by atoms with Crippen LogP contribution in [0.5, 0.6) is 5.75 Å². The summed E-state index contributed by atoms with van der Waals surface area (Å²) in [6, 6.07) is 12.5. The summed E-state index contributed by atoms with van der Waals surface area (Å²) in [6.07, 6.45) is -4.45. The second-order valence-corrected chi connectivity index (χ2v) is 8.86. The normalized spacial score (nSPS) is 18.6. The molecule has 1 amide bonds. The van der Waals surface area contributed by atoms with Gasteiger partial charge < -0.3 is 14.4 Å². The Labute approximate surface area is 188 Å². The summed E-state index contributed by atoms with van der Waals surface area (Å²) in [7, 11) is 0. The van der Waals surface area contributed by atoms with Crippen molar-refractivity contribution in [1.82, 2.24) is 4.90 Å². The lowest BCUT2D eigenvalue weighted by atomic mass is 10.1. The Morgan fingerprint density at radius 1 is 1.09 bits per heavy atom. The molecule has 2 unspecified atom stereocenters. The number of esters is 1. The largest absolute Gasteiger partial charge is 0.484 e. The maximum Gasteiger partial charge on any atom is 0.416 e. The molecular formula is C23H24F3NO4S. The van der Waals surface area contributed by atoms with Crippen LogP contribution in [-0.2, 0) is 20.5 Å². The molecule has 0 aromatic heterocycles. The summed E-state index contributed by atoms with van der Waals surface area (Å²) >= 11 is 1.31. The van der Waals surface area contributed by atoms with Crippen LogP contribution in [0.25, 0.3) is 0 Å². The molecule has 9 heteroatoms. The lowest BCUT2D eigenvalue weighted by Gasteiger charge is -2.29. The molecule has 2 atom stereocenters. The topological polar surface area (TPSA) is 55.8 Å². The standard InChI is InChI=1S/C23H24F3NO4S/c1-15(2)12-31-22(29)19-14-32-21(16-8-10-17(11-9-16)23(24,25)26)27(19)20(28)13-30-18-6-4-3-5-7-18/h3-11,15,19,21H,12-14H2,1-2H3. The molecule has 1 fully saturated rings. The summed E-state index contributed by atoms with van der Waals surface area (Å²) in [5, 5.41) is -0.624. The number of para-hydroxylation sites is 1. The van der Waals surface area contributed by atoms with Crippen molar-refractivity contribution in [3.63, 3.8) is 0 Å². The Morgan fingerprint density at radius 2 is 1.75 bits per heavy atom. The molecule has 1 aliphatic rings. The molecule has 0 saturated carbocycles.